The summed E-state index contributed by atoms with van der Waals surface area (Å²) < 4.78 is 0.805. The Labute approximate surface area is 105 Å². The van der Waals surface area contributed by atoms with Crippen molar-refractivity contribution in [1.82, 2.24) is 4.98 Å². The molecule has 0 fully saturated rings. The summed E-state index contributed by atoms with van der Waals surface area (Å²) in [6.45, 7) is 0. The van der Waals surface area contributed by atoms with Gasteiger partial charge in [-0.25, -0.2) is 4.79 Å². The third kappa shape index (κ3) is 1.99. The standard InChI is InChI=1S/C11H7BrClNO2/c12-10-2-1-6(13)3-7(10)8-4-14-5-9(8)11(15)16/h1-5,14H,(H,15,16). The number of nitrogens with one attached hydrogen (secondary N) is 1. The third-order valence-corrected chi connectivity index (χ3v) is 3.12. The number of carbonyl (C=O) groups is 1. The van der Waals surface area contributed by atoms with Gasteiger partial charge in [-0.1, -0.05) is 27.5 Å². The molecule has 2 aromatic rings. The lowest BCUT2D eigenvalue weighted by Gasteiger charge is -2.04. The first kappa shape index (κ1) is 11.2. The van der Waals surface area contributed by atoms with E-state index in [-0.39, 0.29) is 5.56 Å². The Hall–Kier alpha value is -1.26. The lowest BCUT2D eigenvalue weighted by atomic mass is 10.1. The van der Waals surface area contributed by atoms with E-state index in [1.807, 2.05) is 0 Å². The van der Waals surface area contributed by atoms with Gasteiger partial charge < -0.3 is 10.1 Å². The van der Waals surface area contributed by atoms with Crippen molar-refractivity contribution in [3.8, 4) is 11.1 Å². The zero-order chi connectivity index (χ0) is 11.7. The normalized spacial score (nSPS) is 10.4. The number of aromatic carboxylic acids is 1. The highest BCUT2D eigenvalue weighted by molar-refractivity contribution is 9.10. The molecule has 1 heterocycles. The second kappa shape index (κ2) is 4.31. The minimum Gasteiger partial charge on any atom is -0.478 e. The zero-order valence-electron chi connectivity index (χ0n) is 8.00. The van der Waals surface area contributed by atoms with Gasteiger partial charge in [0, 0.05) is 27.5 Å². The molecule has 1 aromatic carbocycles. The van der Waals surface area contributed by atoms with Crippen LogP contribution in [0.3, 0.4) is 0 Å². The van der Waals surface area contributed by atoms with Crippen LogP contribution in [0.4, 0.5) is 0 Å². The fraction of sp³-hybridized carbons (Fsp3) is 0. The van der Waals surface area contributed by atoms with Gasteiger partial charge in [0.2, 0.25) is 0 Å². The SMILES string of the molecule is O=C(O)c1c[nH]cc1-c1cc(Cl)ccc1Br. The van der Waals surface area contributed by atoms with Crippen LogP contribution in [0.2, 0.25) is 5.02 Å². The van der Waals surface area contributed by atoms with Crippen molar-refractivity contribution in [1.29, 1.82) is 0 Å². The maximum Gasteiger partial charge on any atom is 0.337 e. The van der Waals surface area contributed by atoms with Gasteiger partial charge in [-0.3, -0.25) is 0 Å². The fourth-order valence-corrected chi connectivity index (χ4v) is 2.10. The van der Waals surface area contributed by atoms with Gasteiger partial charge in [-0.05, 0) is 23.8 Å². The Morgan fingerprint density at radius 1 is 1.31 bits per heavy atom. The van der Waals surface area contributed by atoms with Crippen LogP contribution in [0.1, 0.15) is 10.4 Å². The number of halogens is 2. The first-order valence-corrected chi connectivity index (χ1v) is 5.62. The quantitative estimate of drug-likeness (QED) is 0.886. The van der Waals surface area contributed by atoms with Crippen LogP contribution < -0.4 is 0 Å². The van der Waals surface area contributed by atoms with E-state index in [1.165, 1.54) is 6.20 Å². The highest BCUT2D eigenvalue weighted by atomic mass is 79.9. The molecule has 2 N–H and O–H groups in total. The predicted octanol–water partition coefficient (Wildman–Crippen LogP) is 3.80. The van der Waals surface area contributed by atoms with E-state index < -0.39 is 5.97 Å². The molecule has 0 amide bonds. The number of hydrogen-bond acceptors (Lipinski definition) is 1. The molecule has 0 saturated carbocycles. The van der Waals surface area contributed by atoms with E-state index in [4.69, 9.17) is 16.7 Å². The highest BCUT2D eigenvalue weighted by Crippen LogP contribution is 2.32. The molecule has 0 aliphatic heterocycles. The van der Waals surface area contributed by atoms with Gasteiger partial charge >= 0.3 is 5.97 Å². The van der Waals surface area contributed by atoms with Crippen molar-refractivity contribution in [2.24, 2.45) is 0 Å². The predicted molar refractivity (Wildman–Crippen MR) is 65.9 cm³/mol. The minimum atomic E-state index is -0.969. The fourth-order valence-electron chi connectivity index (χ4n) is 1.47. The van der Waals surface area contributed by atoms with Gasteiger partial charge in [-0.15, -0.1) is 0 Å². The van der Waals surface area contributed by atoms with Gasteiger partial charge in [0.25, 0.3) is 0 Å². The van der Waals surface area contributed by atoms with Crippen LogP contribution >= 0.6 is 27.5 Å². The summed E-state index contributed by atoms with van der Waals surface area (Å²) in [4.78, 5) is 13.8. The van der Waals surface area contributed by atoms with Gasteiger partial charge in [0.15, 0.2) is 0 Å². The van der Waals surface area contributed by atoms with Crippen LogP contribution in [0.25, 0.3) is 11.1 Å². The summed E-state index contributed by atoms with van der Waals surface area (Å²) >= 11 is 9.26. The number of benzene rings is 1. The highest BCUT2D eigenvalue weighted by Gasteiger charge is 2.14. The zero-order valence-corrected chi connectivity index (χ0v) is 10.3. The minimum absolute atomic E-state index is 0.225. The largest absolute Gasteiger partial charge is 0.478 e. The summed E-state index contributed by atoms with van der Waals surface area (Å²) in [5.41, 5.74) is 1.59. The van der Waals surface area contributed by atoms with Crippen molar-refractivity contribution < 1.29 is 9.90 Å². The molecule has 0 radical (unpaired) electrons. The Morgan fingerprint density at radius 3 is 2.75 bits per heavy atom. The van der Waals surface area contributed by atoms with Crippen LogP contribution in [0, 0.1) is 0 Å². The molecule has 3 nitrogen and oxygen atoms in total. The molecule has 0 unspecified atom stereocenters. The number of H-pyrrole nitrogens is 1. The Balaban J connectivity index is 2.62. The van der Waals surface area contributed by atoms with E-state index >= 15 is 0 Å². The molecule has 0 atom stereocenters. The smallest absolute Gasteiger partial charge is 0.337 e. The number of hydrogen-bond donors (Lipinski definition) is 2. The van der Waals surface area contributed by atoms with Crippen molar-refractivity contribution in [3.05, 3.63) is 45.7 Å². The van der Waals surface area contributed by atoms with E-state index in [2.05, 4.69) is 20.9 Å². The summed E-state index contributed by atoms with van der Waals surface area (Å²) in [5, 5.41) is 9.57. The molecule has 5 heteroatoms. The molecular formula is C11H7BrClNO2. The molecule has 0 bridgehead atoms. The van der Waals surface area contributed by atoms with Crippen molar-refractivity contribution in [2.45, 2.75) is 0 Å². The number of aromatic amines is 1. The summed E-state index contributed by atoms with van der Waals surface area (Å²) in [7, 11) is 0. The number of carboxylic acid groups (broad SMARTS) is 1. The summed E-state index contributed by atoms with van der Waals surface area (Å²) in [6, 6.07) is 5.25. The number of carboxylic acids is 1. The molecule has 1 aromatic heterocycles. The topological polar surface area (TPSA) is 53.1 Å². The Kier molecular flexibility index (Phi) is 3.03. The van der Waals surface area contributed by atoms with Crippen molar-refractivity contribution in [2.75, 3.05) is 0 Å². The molecule has 0 saturated heterocycles. The van der Waals surface area contributed by atoms with E-state index in [9.17, 15) is 4.79 Å². The average Bonchev–Trinajstić information content (AvgIpc) is 2.70. The van der Waals surface area contributed by atoms with Crippen molar-refractivity contribution >= 4 is 33.5 Å². The van der Waals surface area contributed by atoms with Crippen LogP contribution in [0.15, 0.2) is 35.1 Å². The third-order valence-electron chi connectivity index (χ3n) is 2.19. The van der Waals surface area contributed by atoms with E-state index in [0.29, 0.717) is 10.6 Å². The Morgan fingerprint density at radius 2 is 2.06 bits per heavy atom. The number of aromatic nitrogens is 1. The van der Waals surface area contributed by atoms with Crippen LogP contribution in [0.5, 0.6) is 0 Å². The summed E-state index contributed by atoms with van der Waals surface area (Å²) in [5.74, 6) is -0.969. The lowest BCUT2D eigenvalue weighted by Crippen LogP contribution is -1.96. The van der Waals surface area contributed by atoms with Gasteiger partial charge in [0.05, 0.1) is 5.56 Å². The molecule has 82 valence electrons. The molecule has 0 aliphatic carbocycles. The Bertz CT molecular complexity index is 551. The molecule has 16 heavy (non-hydrogen) atoms. The maximum atomic E-state index is 11.0. The second-order valence-electron chi connectivity index (χ2n) is 3.21. The van der Waals surface area contributed by atoms with Crippen LogP contribution in [-0.4, -0.2) is 16.1 Å². The lowest BCUT2D eigenvalue weighted by molar-refractivity contribution is 0.0698. The van der Waals surface area contributed by atoms with Crippen LogP contribution in [-0.2, 0) is 0 Å². The van der Waals surface area contributed by atoms with Gasteiger partial charge in [0.1, 0.15) is 0 Å². The first-order chi connectivity index (χ1) is 7.59. The molecule has 2 rings (SSSR count). The summed E-state index contributed by atoms with van der Waals surface area (Å²) in [6.07, 6.45) is 3.09. The molecular weight excluding hydrogens is 293 g/mol. The maximum absolute atomic E-state index is 11.0. The number of rotatable bonds is 2. The van der Waals surface area contributed by atoms with E-state index in [1.54, 1.807) is 24.4 Å². The average molecular weight is 301 g/mol. The van der Waals surface area contributed by atoms with Crippen molar-refractivity contribution in [3.63, 3.8) is 0 Å². The van der Waals surface area contributed by atoms with Gasteiger partial charge in [-0.2, -0.15) is 0 Å². The monoisotopic (exact) mass is 299 g/mol. The first-order valence-electron chi connectivity index (χ1n) is 4.45. The second-order valence-corrected chi connectivity index (χ2v) is 4.50. The molecule has 0 aliphatic rings. The van der Waals surface area contributed by atoms with E-state index in [0.717, 1.165) is 10.0 Å². The molecule has 0 spiro atoms.